The number of carbonyl (C=O) groups excluding carboxylic acids is 1. The molecule has 3 rings (SSSR count). The Hall–Kier alpha value is -3.86. The number of benzene rings is 1. The van der Waals surface area contributed by atoms with E-state index in [0.717, 1.165) is 0 Å². The third kappa shape index (κ3) is 3.38. The van der Waals surface area contributed by atoms with Crippen molar-refractivity contribution in [3.63, 3.8) is 0 Å². The highest BCUT2D eigenvalue weighted by Crippen LogP contribution is 2.31. The number of H-pyrrole nitrogens is 4. The van der Waals surface area contributed by atoms with Crippen LogP contribution in [0.4, 0.5) is 0 Å². The van der Waals surface area contributed by atoms with Crippen molar-refractivity contribution in [2.45, 2.75) is 5.92 Å². The third-order valence-corrected chi connectivity index (χ3v) is 4.14. The van der Waals surface area contributed by atoms with Crippen LogP contribution in [0.15, 0.2) is 43.4 Å². The predicted molar refractivity (Wildman–Crippen MR) is 96.3 cm³/mol. The number of aromatic amines is 4. The molecule has 0 atom stereocenters. The standard InChI is InChI=1S/C16H11ClN4O7/c17-6-3-1-5(2-4-6)10(22)7(8-11(23)18-15(27)19-12(8)24)9-13(25)20-16(28)21-14(9)26/h1-4,7H,(H3,18,19,23,24,27)(H3,20,21,25,26,28). The van der Waals surface area contributed by atoms with Gasteiger partial charge in [-0.25, -0.2) is 9.59 Å². The van der Waals surface area contributed by atoms with Crippen molar-refractivity contribution in [2.75, 3.05) is 0 Å². The van der Waals surface area contributed by atoms with Gasteiger partial charge in [0.05, 0.1) is 17.0 Å². The number of Topliss-reactive ketones (excluding diaryl/α,β-unsaturated/α-hetero) is 1. The number of halogens is 1. The second-order valence-corrected chi connectivity index (χ2v) is 6.08. The van der Waals surface area contributed by atoms with Gasteiger partial charge in [-0.15, -0.1) is 0 Å². The summed E-state index contributed by atoms with van der Waals surface area (Å²) in [6.45, 7) is 0. The Labute approximate surface area is 158 Å². The van der Waals surface area contributed by atoms with Crippen molar-refractivity contribution in [3.05, 3.63) is 87.7 Å². The molecule has 0 aliphatic carbocycles. The van der Waals surface area contributed by atoms with E-state index in [4.69, 9.17) is 11.6 Å². The van der Waals surface area contributed by atoms with Gasteiger partial charge in [-0.2, -0.15) is 0 Å². The first-order valence-electron chi connectivity index (χ1n) is 7.59. The fourth-order valence-corrected chi connectivity index (χ4v) is 2.82. The fraction of sp³-hybridized carbons (Fsp3) is 0.0625. The van der Waals surface area contributed by atoms with E-state index in [9.17, 15) is 34.2 Å². The predicted octanol–water partition coefficient (Wildman–Crippen LogP) is -0.481. The van der Waals surface area contributed by atoms with E-state index in [1.54, 1.807) is 0 Å². The van der Waals surface area contributed by atoms with Gasteiger partial charge in [-0.05, 0) is 24.3 Å². The Morgan fingerprint density at radius 1 is 0.786 bits per heavy atom. The zero-order chi connectivity index (χ0) is 20.6. The van der Waals surface area contributed by atoms with Crippen LogP contribution in [0.5, 0.6) is 11.8 Å². The summed E-state index contributed by atoms with van der Waals surface area (Å²) in [5, 5.41) is 20.4. The molecule has 0 aliphatic rings. The Bertz CT molecular complexity index is 1230. The van der Waals surface area contributed by atoms with Crippen molar-refractivity contribution in [3.8, 4) is 11.8 Å². The highest BCUT2D eigenvalue weighted by atomic mass is 35.5. The third-order valence-electron chi connectivity index (χ3n) is 3.89. The molecule has 0 aliphatic heterocycles. The van der Waals surface area contributed by atoms with Crippen molar-refractivity contribution in [2.24, 2.45) is 0 Å². The zero-order valence-corrected chi connectivity index (χ0v) is 14.5. The van der Waals surface area contributed by atoms with Crippen molar-refractivity contribution in [1.82, 2.24) is 19.9 Å². The number of hydrogen-bond donors (Lipinski definition) is 6. The molecule has 0 amide bonds. The van der Waals surface area contributed by atoms with Crippen molar-refractivity contribution < 1.29 is 15.0 Å². The Morgan fingerprint density at radius 2 is 1.21 bits per heavy atom. The number of ketones is 1. The van der Waals surface area contributed by atoms with Gasteiger partial charge >= 0.3 is 11.4 Å². The number of hydrogen-bond acceptors (Lipinski definition) is 7. The normalized spacial score (nSPS) is 10.9. The summed E-state index contributed by atoms with van der Waals surface area (Å²) < 4.78 is 0. The minimum Gasteiger partial charge on any atom is -0.494 e. The lowest BCUT2D eigenvalue weighted by Crippen LogP contribution is -2.34. The van der Waals surface area contributed by atoms with Gasteiger partial charge in [0.2, 0.25) is 11.8 Å². The molecule has 0 radical (unpaired) electrons. The topological polar surface area (TPSA) is 189 Å². The zero-order valence-electron chi connectivity index (χ0n) is 13.7. The van der Waals surface area contributed by atoms with E-state index in [-0.39, 0.29) is 5.56 Å². The van der Waals surface area contributed by atoms with E-state index in [0.29, 0.717) is 5.02 Å². The molecular weight excluding hydrogens is 396 g/mol. The van der Waals surface area contributed by atoms with Gasteiger partial charge in [-0.3, -0.25) is 34.3 Å². The molecule has 3 aromatic rings. The largest absolute Gasteiger partial charge is 0.494 e. The maximum Gasteiger partial charge on any atom is 0.328 e. The van der Waals surface area contributed by atoms with E-state index < -0.39 is 57.1 Å². The lowest BCUT2D eigenvalue weighted by Gasteiger charge is -2.16. The molecule has 0 saturated heterocycles. The molecule has 6 N–H and O–H groups in total. The lowest BCUT2D eigenvalue weighted by atomic mass is 9.86. The first-order valence-corrected chi connectivity index (χ1v) is 7.97. The van der Waals surface area contributed by atoms with Gasteiger partial charge in [0.15, 0.2) is 5.78 Å². The number of aromatic hydroxyl groups is 2. The average Bonchev–Trinajstić information content (AvgIpc) is 2.58. The quantitative estimate of drug-likeness (QED) is 0.315. The van der Waals surface area contributed by atoms with Crippen LogP contribution in [0.1, 0.15) is 27.4 Å². The first-order chi connectivity index (χ1) is 13.2. The van der Waals surface area contributed by atoms with Crippen LogP contribution in [0.2, 0.25) is 5.02 Å². The molecule has 0 fully saturated rings. The van der Waals surface area contributed by atoms with E-state index >= 15 is 0 Å². The highest BCUT2D eigenvalue weighted by molar-refractivity contribution is 6.30. The minimum atomic E-state index is -1.86. The monoisotopic (exact) mass is 406 g/mol. The SMILES string of the molecule is O=C(c1ccc(Cl)cc1)C(c1c(O)[nH]c(=O)[nH]c1=O)c1c(O)[nH]c(=O)[nH]c1=O. The van der Waals surface area contributed by atoms with E-state index in [1.807, 2.05) is 19.9 Å². The van der Waals surface area contributed by atoms with Gasteiger partial charge in [0.25, 0.3) is 11.1 Å². The average molecular weight is 407 g/mol. The summed E-state index contributed by atoms with van der Waals surface area (Å²) in [4.78, 5) is 67.8. The summed E-state index contributed by atoms with van der Waals surface area (Å²) >= 11 is 5.78. The summed E-state index contributed by atoms with van der Waals surface area (Å²) in [5.74, 6) is -4.71. The molecule has 0 bridgehead atoms. The summed E-state index contributed by atoms with van der Waals surface area (Å²) in [7, 11) is 0. The molecule has 28 heavy (non-hydrogen) atoms. The summed E-state index contributed by atoms with van der Waals surface area (Å²) in [6, 6.07) is 5.34. The number of rotatable bonds is 4. The Morgan fingerprint density at radius 3 is 1.61 bits per heavy atom. The van der Waals surface area contributed by atoms with Crippen molar-refractivity contribution >= 4 is 17.4 Å². The molecule has 0 spiro atoms. The summed E-state index contributed by atoms with van der Waals surface area (Å²) in [5.41, 5.74) is -5.87. The second kappa shape index (κ2) is 7.04. The van der Waals surface area contributed by atoms with Gasteiger partial charge < -0.3 is 10.2 Å². The minimum absolute atomic E-state index is 0.0237. The molecule has 11 nitrogen and oxygen atoms in total. The lowest BCUT2D eigenvalue weighted by molar-refractivity contribution is 0.0969. The summed E-state index contributed by atoms with van der Waals surface area (Å²) in [6.07, 6.45) is 0. The Kier molecular flexibility index (Phi) is 4.76. The molecule has 0 saturated carbocycles. The number of carbonyl (C=O) groups is 1. The molecule has 2 aromatic heterocycles. The van der Waals surface area contributed by atoms with Gasteiger partial charge in [0.1, 0.15) is 0 Å². The van der Waals surface area contributed by atoms with E-state index in [2.05, 4.69) is 0 Å². The molecule has 144 valence electrons. The van der Waals surface area contributed by atoms with Gasteiger partial charge in [0, 0.05) is 10.6 Å². The van der Waals surface area contributed by atoms with Crippen molar-refractivity contribution in [1.29, 1.82) is 0 Å². The highest BCUT2D eigenvalue weighted by Gasteiger charge is 2.34. The molecular formula is C16H11ClN4O7. The maximum absolute atomic E-state index is 13.1. The number of nitrogens with one attached hydrogen (secondary N) is 4. The fourth-order valence-electron chi connectivity index (χ4n) is 2.69. The molecule has 2 heterocycles. The maximum atomic E-state index is 13.1. The van der Waals surface area contributed by atoms with Gasteiger partial charge in [-0.1, -0.05) is 11.6 Å². The van der Waals surface area contributed by atoms with Crippen LogP contribution >= 0.6 is 11.6 Å². The van der Waals surface area contributed by atoms with E-state index in [1.165, 1.54) is 24.3 Å². The smallest absolute Gasteiger partial charge is 0.328 e. The van der Waals surface area contributed by atoms with Crippen LogP contribution in [0.25, 0.3) is 0 Å². The molecule has 0 unspecified atom stereocenters. The van der Waals surface area contributed by atoms with Crippen LogP contribution in [0.3, 0.4) is 0 Å². The molecule has 1 aromatic carbocycles. The first kappa shape index (κ1) is 18.9. The number of aromatic nitrogens is 4. The van der Waals surface area contributed by atoms with Crippen LogP contribution in [-0.2, 0) is 0 Å². The van der Waals surface area contributed by atoms with Crippen LogP contribution in [0, 0.1) is 0 Å². The van der Waals surface area contributed by atoms with Crippen LogP contribution < -0.4 is 22.5 Å². The molecule has 12 heteroatoms. The Balaban J connectivity index is 2.36. The second-order valence-electron chi connectivity index (χ2n) is 5.65. The van der Waals surface area contributed by atoms with Crippen LogP contribution in [-0.4, -0.2) is 35.9 Å².